The molecule has 0 radical (unpaired) electrons. The topological polar surface area (TPSA) is 66.9 Å². The first kappa shape index (κ1) is 18.2. The van der Waals surface area contributed by atoms with E-state index in [0.717, 1.165) is 22.4 Å². The van der Waals surface area contributed by atoms with Gasteiger partial charge >= 0.3 is 0 Å². The van der Waals surface area contributed by atoms with Crippen LogP contribution in [0.15, 0.2) is 22.5 Å². The zero-order valence-corrected chi connectivity index (χ0v) is 16.3. The number of aromatic nitrogens is 2. The molecule has 1 aliphatic rings. The Bertz CT molecular complexity index is 732. The summed E-state index contributed by atoms with van der Waals surface area (Å²) in [5.41, 5.74) is 4.10. The Balaban J connectivity index is 1.51. The van der Waals surface area contributed by atoms with Crippen molar-refractivity contribution in [2.24, 2.45) is 0 Å². The minimum absolute atomic E-state index is 0.0204. The number of aryl methyl sites for hydroxylation is 2. The van der Waals surface area contributed by atoms with E-state index in [1.54, 1.807) is 0 Å². The van der Waals surface area contributed by atoms with Crippen LogP contribution < -0.4 is 10.6 Å². The zero-order chi connectivity index (χ0) is 17.6. The number of benzene rings is 1. The molecule has 0 aliphatic heterocycles. The van der Waals surface area contributed by atoms with Gasteiger partial charge in [0.2, 0.25) is 11.0 Å². The smallest absolute Gasteiger partial charge is 0.230 e. The van der Waals surface area contributed by atoms with Crippen LogP contribution in [0.4, 0.5) is 5.13 Å². The quantitative estimate of drug-likeness (QED) is 0.719. The lowest BCUT2D eigenvalue weighted by molar-refractivity contribution is -0.119. The van der Waals surface area contributed by atoms with E-state index in [1.807, 2.05) is 13.8 Å². The van der Waals surface area contributed by atoms with E-state index in [0.29, 0.717) is 5.75 Å². The Morgan fingerprint density at radius 3 is 2.88 bits per heavy atom. The molecule has 1 amide bonds. The van der Waals surface area contributed by atoms with Gasteiger partial charge in [0.1, 0.15) is 0 Å². The summed E-state index contributed by atoms with van der Waals surface area (Å²) in [6, 6.07) is 6.66. The summed E-state index contributed by atoms with van der Waals surface area (Å²) in [4.78, 5) is 12.2. The van der Waals surface area contributed by atoms with Crippen LogP contribution in [0.1, 0.15) is 49.4 Å². The van der Waals surface area contributed by atoms with Gasteiger partial charge in [0, 0.05) is 6.54 Å². The average molecular weight is 377 g/mol. The number of nitrogens with zero attached hydrogens (tertiary/aromatic N) is 2. The normalized spacial score (nSPS) is 14.6. The second kappa shape index (κ2) is 8.67. The summed E-state index contributed by atoms with van der Waals surface area (Å²) in [7, 11) is 0. The monoisotopic (exact) mass is 376 g/mol. The number of rotatable bonds is 7. The molecule has 0 fully saturated rings. The number of fused-ring (bicyclic) bond motifs is 1. The number of hydrogen-bond acceptors (Lipinski definition) is 6. The molecule has 7 heteroatoms. The Morgan fingerprint density at radius 2 is 2.08 bits per heavy atom. The van der Waals surface area contributed by atoms with Crippen molar-refractivity contribution in [3.63, 3.8) is 0 Å². The highest BCUT2D eigenvalue weighted by Crippen LogP contribution is 2.26. The molecule has 1 atom stereocenters. The maximum atomic E-state index is 12.2. The summed E-state index contributed by atoms with van der Waals surface area (Å²) >= 11 is 2.91. The molecular formula is C18H24N4OS2. The second-order valence-corrected chi connectivity index (χ2v) is 8.42. The van der Waals surface area contributed by atoms with Crippen molar-refractivity contribution < 1.29 is 4.79 Å². The van der Waals surface area contributed by atoms with Gasteiger partial charge in [0.25, 0.3) is 0 Å². The number of carbonyl (C=O) groups is 1. The summed E-state index contributed by atoms with van der Waals surface area (Å²) in [5.74, 6) is 0.381. The minimum Gasteiger partial charge on any atom is -0.360 e. The Hall–Kier alpha value is -1.60. The van der Waals surface area contributed by atoms with E-state index in [4.69, 9.17) is 0 Å². The maximum absolute atomic E-state index is 12.2. The van der Waals surface area contributed by atoms with Gasteiger partial charge in [-0.05, 0) is 56.2 Å². The van der Waals surface area contributed by atoms with Gasteiger partial charge in [-0.25, -0.2) is 0 Å². The van der Waals surface area contributed by atoms with Crippen LogP contribution in [0.2, 0.25) is 0 Å². The summed E-state index contributed by atoms with van der Waals surface area (Å²) in [6.45, 7) is 4.88. The van der Waals surface area contributed by atoms with Crippen molar-refractivity contribution in [1.29, 1.82) is 0 Å². The lowest BCUT2D eigenvalue weighted by Gasteiger charge is -2.20. The first-order valence-corrected chi connectivity index (χ1v) is 10.6. The fourth-order valence-corrected chi connectivity index (χ4v) is 4.64. The third kappa shape index (κ3) is 4.95. The fourth-order valence-electron chi connectivity index (χ4n) is 3.01. The lowest BCUT2D eigenvalue weighted by Crippen LogP contribution is -2.28. The van der Waals surface area contributed by atoms with Gasteiger partial charge in [-0.15, -0.1) is 10.2 Å². The van der Waals surface area contributed by atoms with Crippen LogP contribution in [0.5, 0.6) is 0 Å². The van der Waals surface area contributed by atoms with Gasteiger partial charge in [0.15, 0.2) is 4.34 Å². The van der Waals surface area contributed by atoms with Gasteiger partial charge in [-0.2, -0.15) is 0 Å². The predicted molar refractivity (Wildman–Crippen MR) is 104 cm³/mol. The molecule has 0 saturated heterocycles. The summed E-state index contributed by atoms with van der Waals surface area (Å²) < 4.78 is 0.813. The van der Waals surface area contributed by atoms with E-state index >= 15 is 0 Å². The van der Waals surface area contributed by atoms with Gasteiger partial charge in [-0.1, -0.05) is 41.3 Å². The highest BCUT2D eigenvalue weighted by Gasteiger charge is 2.15. The lowest BCUT2D eigenvalue weighted by atomic mass is 9.89. The molecule has 1 aromatic carbocycles. The van der Waals surface area contributed by atoms with Crippen molar-refractivity contribution in [3.8, 4) is 0 Å². The van der Waals surface area contributed by atoms with Crippen LogP contribution in [0, 0.1) is 0 Å². The number of nitrogens with one attached hydrogen (secondary N) is 2. The molecule has 2 N–H and O–H groups in total. The summed E-state index contributed by atoms with van der Waals surface area (Å²) in [6.07, 6.45) is 4.90. The molecule has 0 bridgehead atoms. The van der Waals surface area contributed by atoms with Gasteiger partial charge in [-0.3, -0.25) is 4.79 Å². The molecular weight excluding hydrogens is 352 g/mol. The van der Waals surface area contributed by atoms with Crippen molar-refractivity contribution in [2.45, 2.75) is 49.9 Å². The predicted octanol–water partition coefficient (Wildman–Crippen LogP) is 3.82. The molecule has 25 heavy (non-hydrogen) atoms. The molecule has 0 spiro atoms. The Morgan fingerprint density at radius 1 is 1.28 bits per heavy atom. The Labute approximate surface area is 157 Å². The molecule has 3 rings (SSSR count). The number of hydrogen-bond donors (Lipinski definition) is 2. The largest absolute Gasteiger partial charge is 0.360 e. The molecule has 1 heterocycles. The van der Waals surface area contributed by atoms with Crippen molar-refractivity contribution in [2.75, 3.05) is 17.6 Å². The van der Waals surface area contributed by atoms with Gasteiger partial charge in [0.05, 0.1) is 11.8 Å². The number of anilines is 1. The number of amides is 1. The fraction of sp³-hybridized carbons (Fsp3) is 0.500. The third-order valence-electron chi connectivity index (χ3n) is 4.31. The van der Waals surface area contributed by atoms with E-state index in [2.05, 4.69) is 39.0 Å². The van der Waals surface area contributed by atoms with Crippen LogP contribution in [0.3, 0.4) is 0 Å². The zero-order valence-electron chi connectivity index (χ0n) is 14.7. The SMILES string of the molecule is CCNc1nnc(SCC(=O)NC(C)c2ccc3c(c2)CCCC3)s1. The van der Waals surface area contributed by atoms with E-state index in [-0.39, 0.29) is 11.9 Å². The average Bonchev–Trinajstić information content (AvgIpc) is 3.07. The maximum Gasteiger partial charge on any atom is 0.230 e. The van der Waals surface area contributed by atoms with Crippen molar-refractivity contribution in [3.05, 3.63) is 34.9 Å². The van der Waals surface area contributed by atoms with Gasteiger partial charge < -0.3 is 10.6 Å². The number of thioether (sulfide) groups is 1. The molecule has 1 aliphatic carbocycles. The molecule has 2 aromatic rings. The van der Waals surface area contributed by atoms with E-state index < -0.39 is 0 Å². The first-order chi connectivity index (χ1) is 12.2. The van der Waals surface area contributed by atoms with Crippen LogP contribution >= 0.6 is 23.1 Å². The number of carbonyl (C=O) groups excluding carboxylic acids is 1. The van der Waals surface area contributed by atoms with Crippen LogP contribution in [-0.2, 0) is 17.6 Å². The molecule has 1 aromatic heterocycles. The minimum atomic E-state index is 0.0204. The Kier molecular flexibility index (Phi) is 6.31. The first-order valence-electron chi connectivity index (χ1n) is 8.77. The van der Waals surface area contributed by atoms with E-state index in [1.165, 1.54) is 59.1 Å². The standard InChI is InChI=1S/C18H24N4OS2/c1-3-19-17-21-22-18(25-17)24-11-16(23)20-12(2)14-9-8-13-6-4-5-7-15(13)10-14/h8-10,12H,3-7,11H2,1-2H3,(H,19,21)(H,20,23). The molecule has 1 unspecified atom stereocenters. The van der Waals surface area contributed by atoms with Crippen LogP contribution in [-0.4, -0.2) is 28.4 Å². The molecule has 5 nitrogen and oxygen atoms in total. The molecule has 0 saturated carbocycles. The molecule has 134 valence electrons. The third-order valence-corrected chi connectivity index (χ3v) is 6.33. The van der Waals surface area contributed by atoms with Crippen molar-refractivity contribution in [1.82, 2.24) is 15.5 Å². The van der Waals surface area contributed by atoms with E-state index in [9.17, 15) is 4.79 Å². The van der Waals surface area contributed by atoms with Crippen LogP contribution in [0.25, 0.3) is 0 Å². The van der Waals surface area contributed by atoms with Crippen molar-refractivity contribution >= 4 is 34.1 Å². The highest BCUT2D eigenvalue weighted by atomic mass is 32.2. The highest BCUT2D eigenvalue weighted by molar-refractivity contribution is 8.01. The summed E-state index contributed by atoms with van der Waals surface area (Å²) in [5, 5.41) is 15.1. The second-order valence-electron chi connectivity index (χ2n) is 6.22.